The van der Waals surface area contributed by atoms with Gasteiger partial charge < -0.3 is 5.32 Å². The van der Waals surface area contributed by atoms with Crippen LogP contribution in [0.4, 0.5) is 0 Å². The molecule has 0 spiro atoms. The number of nitrogens with one attached hydrogen (secondary N) is 1. The molecular weight excluding hydrogens is 264 g/mol. The zero-order chi connectivity index (χ0) is 14.6. The lowest BCUT2D eigenvalue weighted by molar-refractivity contribution is 0.149. The molecule has 0 saturated heterocycles. The Morgan fingerprint density at radius 3 is 2.55 bits per heavy atom. The third-order valence-electron chi connectivity index (χ3n) is 4.83. The third kappa shape index (κ3) is 4.56. The number of thiazole rings is 1. The van der Waals surface area contributed by atoms with Crippen LogP contribution >= 0.6 is 11.3 Å². The van der Waals surface area contributed by atoms with Gasteiger partial charge in [0.2, 0.25) is 0 Å². The Bertz CT molecular complexity index is 372. The van der Waals surface area contributed by atoms with Crippen LogP contribution in [-0.2, 0) is 0 Å². The van der Waals surface area contributed by atoms with E-state index in [1.165, 1.54) is 37.2 Å². The van der Waals surface area contributed by atoms with Crippen LogP contribution in [0.5, 0.6) is 0 Å². The van der Waals surface area contributed by atoms with Gasteiger partial charge in [-0.25, -0.2) is 4.98 Å². The molecule has 20 heavy (non-hydrogen) atoms. The average molecular weight is 295 g/mol. The van der Waals surface area contributed by atoms with E-state index in [-0.39, 0.29) is 0 Å². The van der Waals surface area contributed by atoms with Gasteiger partial charge >= 0.3 is 0 Å². The maximum Gasteiger partial charge on any atom is 0.0965 e. The monoisotopic (exact) mass is 294 g/mol. The SMILES string of the molecule is CC(CNCC1CCC(C(C)(C)C)CC1)c1nccs1. The van der Waals surface area contributed by atoms with Gasteiger partial charge in [-0.2, -0.15) is 0 Å². The van der Waals surface area contributed by atoms with Gasteiger partial charge in [0.25, 0.3) is 0 Å². The maximum absolute atomic E-state index is 4.40. The van der Waals surface area contributed by atoms with Crippen LogP contribution < -0.4 is 5.32 Å². The summed E-state index contributed by atoms with van der Waals surface area (Å²) in [4.78, 5) is 4.40. The number of nitrogens with zero attached hydrogens (tertiary/aromatic N) is 1. The molecule has 3 heteroatoms. The highest BCUT2D eigenvalue weighted by atomic mass is 32.1. The van der Waals surface area contributed by atoms with Crippen molar-refractivity contribution < 1.29 is 0 Å². The van der Waals surface area contributed by atoms with Gasteiger partial charge in [0.05, 0.1) is 5.01 Å². The Balaban J connectivity index is 1.64. The van der Waals surface area contributed by atoms with Crippen molar-refractivity contribution in [2.75, 3.05) is 13.1 Å². The first-order chi connectivity index (χ1) is 9.47. The quantitative estimate of drug-likeness (QED) is 0.852. The summed E-state index contributed by atoms with van der Waals surface area (Å²) in [5, 5.41) is 6.99. The van der Waals surface area contributed by atoms with Crippen LogP contribution in [0.25, 0.3) is 0 Å². The van der Waals surface area contributed by atoms with Crippen LogP contribution in [0.15, 0.2) is 11.6 Å². The number of hydrogen-bond donors (Lipinski definition) is 1. The summed E-state index contributed by atoms with van der Waals surface area (Å²) in [7, 11) is 0. The summed E-state index contributed by atoms with van der Waals surface area (Å²) >= 11 is 1.77. The van der Waals surface area contributed by atoms with E-state index in [9.17, 15) is 0 Å². The smallest absolute Gasteiger partial charge is 0.0965 e. The normalized spacial score (nSPS) is 25.6. The molecule has 1 atom stereocenters. The molecule has 0 radical (unpaired) electrons. The molecule has 1 unspecified atom stereocenters. The van der Waals surface area contributed by atoms with Crippen molar-refractivity contribution in [1.29, 1.82) is 0 Å². The Hall–Kier alpha value is -0.410. The molecule has 0 bridgehead atoms. The molecule has 0 aromatic carbocycles. The number of hydrogen-bond acceptors (Lipinski definition) is 3. The van der Waals surface area contributed by atoms with Crippen LogP contribution in [0.1, 0.15) is 64.3 Å². The van der Waals surface area contributed by atoms with Crippen molar-refractivity contribution in [3.05, 3.63) is 16.6 Å². The average Bonchev–Trinajstić information content (AvgIpc) is 2.92. The molecule has 1 aromatic rings. The van der Waals surface area contributed by atoms with Crippen molar-refractivity contribution in [3.8, 4) is 0 Å². The van der Waals surface area contributed by atoms with E-state index in [1.54, 1.807) is 11.3 Å². The molecule has 1 fully saturated rings. The Morgan fingerprint density at radius 2 is 2.00 bits per heavy atom. The summed E-state index contributed by atoms with van der Waals surface area (Å²) < 4.78 is 0. The van der Waals surface area contributed by atoms with Crippen molar-refractivity contribution in [2.45, 2.75) is 59.3 Å². The van der Waals surface area contributed by atoms with Crippen molar-refractivity contribution in [3.63, 3.8) is 0 Å². The second kappa shape index (κ2) is 7.04. The molecule has 1 heterocycles. The molecule has 0 aliphatic heterocycles. The lowest BCUT2D eigenvalue weighted by atomic mass is 9.70. The zero-order valence-corrected chi connectivity index (χ0v) is 14.3. The van der Waals surface area contributed by atoms with Crippen LogP contribution in [0.2, 0.25) is 0 Å². The topological polar surface area (TPSA) is 24.9 Å². The molecule has 2 rings (SSSR count). The van der Waals surface area contributed by atoms with Gasteiger partial charge in [-0.1, -0.05) is 27.7 Å². The predicted molar refractivity (Wildman–Crippen MR) is 88.3 cm³/mol. The minimum Gasteiger partial charge on any atom is -0.316 e. The molecule has 1 aliphatic rings. The van der Waals surface area contributed by atoms with E-state index >= 15 is 0 Å². The third-order valence-corrected chi connectivity index (χ3v) is 5.84. The summed E-state index contributed by atoms with van der Waals surface area (Å²) in [6, 6.07) is 0. The minimum atomic E-state index is 0.498. The van der Waals surface area contributed by atoms with E-state index in [2.05, 4.69) is 43.4 Å². The number of aromatic nitrogens is 1. The Morgan fingerprint density at radius 1 is 1.30 bits per heavy atom. The fourth-order valence-electron chi connectivity index (χ4n) is 3.30. The molecule has 1 saturated carbocycles. The second-order valence-electron chi connectivity index (χ2n) is 7.51. The molecule has 2 nitrogen and oxygen atoms in total. The van der Waals surface area contributed by atoms with Crippen LogP contribution in [0, 0.1) is 17.3 Å². The largest absolute Gasteiger partial charge is 0.316 e. The van der Waals surface area contributed by atoms with E-state index in [0.717, 1.165) is 18.4 Å². The fraction of sp³-hybridized carbons (Fsp3) is 0.824. The van der Waals surface area contributed by atoms with Gasteiger partial charge in [-0.3, -0.25) is 0 Å². The maximum atomic E-state index is 4.40. The lowest BCUT2D eigenvalue weighted by Gasteiger charge is -2.37. The first-order valence-electron chi connectivity index (χ1n) is 8.07. The van der Waals surface area contributed by atoms with Gasteiger partial charge in [-0.15, -0.1) is 11.3 Å². The molecule has 1 aromatic heterocycles. The van der Waals surface area contributed by atoms with E-state index in [1.807, 2.05) is 6.20 Å². The van der Waals surface area contributed by atoms with Crippen molar-refractivity contribution >= 4 is 11.3 Å². The minimum absolute atomic E-state index is 0.498. The van der Waals surface area contributed by atoms with Gasteiger partial charge in [0, 0.05) is 24.0 Å². The standard InChI is InChI=1S/C17H30N2S/c1-13(16-19-9-10-20-16)11-18-12-14-5-7-15(8-6-14)17(2,3)4/h9-10,13-15,18H,5-8,11-12H2,1-4H3. The molecule has 0 amide bonds. The van der Waals surface area contributed by atoms with Gasteiger partial charge in [0.1, 0.15) is 0 Å². The van der Waals surface area contributed by atoms with E-state index in [4.69, 9.17) is 0 Å². The summed E-state index contributed by atoms with van der Waals surface area (Å²) in [5.74, 6) is 2.35. The Kier molecular flexibility index (Phi) is 5.62. The Labute approximate surface area is 128 Å². The van der Waals surface area contributed by atoms with Gasteiger partial charge in [-0.05, 0) is 49.5 Å². The van der Waals surface area contributed by atoms with Crippen molar-refractivity contribution in [1.82, 2.24) is 10.3 Å². The summed E-state index contributed by atoms with van der Waals surface area (Å²) in [6.45, 7) is 11.7. The van der Waals surface area contributed by atoms with Crippen LogP contribution in [-0.4, -0.2) is 18.1 Å². The van der Waals surface area contributed by atoms with E-state index in [0.29, 0.717) is 11.3 Å². The molecule has 114 valence electrons. The highest BCUT2D eigenvalue weighted by Gasteiger charge is 2.29. The first-order valence-corrected chi connectivity index (χ1v) is 8.95. The fourth-order valence-corrected chi connectivity index (χ4v) is 4.00. The highest BCUT2D eigenvalue weighted by Crippen LogP contribution is 2.39. The van der Waals surface area contributed by atoms with Crippen molar-refractivity contribution in [2.24, 2.45) is 17.3 Å². The first kappa shape index (κ1) is 16.0. The van der Waals surface area contributed by atoms with Crippen LogP contribution in [0.3, 0.4) is 0 Å². The molecule has 1 N–H and O–H groups in total. The van der Waals surface area contributed by atoms with E-state index < -0.39 is 0 Å². The zero-order valence-electron chi connectivity index (χ0n) is 13.5. The highest BCUT2D eigenvalue weighted by molar-refractivity contribution is 7.09. The molecular formula is C17H30N2S. The predicted octanol–water partition coefficient (Wildman–Crippen LogP) is 4.69. The summed E-state index contributed by atoms with van der Waals surface area (Å²) in [6.07, 6.45) is 7.54. The molecule has 1 aliphatic carbocycles. The lowest BCUT2D eigenvalue weighted by Crippen LogP contribution is -2.32. The van der Waals surface area contributed by atoms with Gasteiger partial charge in [0.15, 0.2) is 0 Å². The number of rotatable bonds is 5. The second-order valence-corrected chi connectivity index (χ2v) is 8.44. The summed E-state index contributed by atoms with van der Waals surface area (Å²) in [5.41, 5.74) is 0.498.